The van der Waals surface area contributed by atoms with Gasteiger partial charge in [-0.25, -0.2) is 0 Å². The van der Waals surface area contributed by atoms with Crippen molar-refractivity contribution < 1.29 is 14.5 Å². The third-order valence-electron chi connectivity index (χ3n) is 6.28. The Morgan fingerprint density at radius 2 is 1.71 bits per heavy atom. The molecule has 2 aliphatic heterocycles. The van der Waals surface area contributed by atoms with E-state index in [-0.39, 0.29) is 16.5 Å². The first-order valence-corrected chi connectivity index (χ1v) is 11.9. The Hall–Kier alpha value is -3.24. The lowest BCUT2D eigenvalue weighted by molar-refractivity contribution is -0.384. The molecule has 0 spiro atoms. The molecule has 0 aliphatic carbocycles. The topological polar surface area (TPSA) is 91.2 Å². The number of morpholine rings is 1. The lowest BCUT2D eigenvalue weighted by Gasteiger charge is -2.37. The lowest BCUT2D eigenvalue weighted by Crippen LogP contribution is -2.52. The molecule has 0 atom stereocenters. The number of thiocarbonyl (C=S) groups is 1. The smallest absolute Gasteiger partial charge is 0.292 e. The van der Waals surface area contributed by atoms with E-state index in [2.05, 4.69) is 17.1 Å². The number of hydrogen-bond donors (Lipinski definition) is 1. The van der Waals surface area contributed by atoms with Crippen LogP contribution >= 0.6 is 12.2 Å². The van der Waals surface area contributed by atoms with E-state index >= 15 is 0 Å². The van der Waals surface area contributed by atoms with Crippen molar-refractivity contribution in [3.8, 4) is 0 Å². The van der Waals surface area contributed by atoms with E-state index in [1.54, 1.807) is 12.1 Å². The zero-order valence-corrected chi connectivity index (χ0v) is 20.1. The number of nitro groups is 1. The Bertz CT molecular complexity index is 1050. The summed E-state index contributed by atoms with van der Waals surface area (Å²) in [5, 5.41) is 14.8. The summed E-state index contributed by atoms with van der Waals surface area (Å²) in [6, 6.07) is 12.8. The monoisotopic (exact) mass is 483 g/mol. The zero-order valence-electron chi connectivity index (χ0n) is 19.2. The standard InChI is InChI=1S/C24H29N5O4S/c1-2-18-3-5-19(6-4-18)23(30)25-24(34)28-11-9-26(10-12-28)20-7-8-21(29(31)32)22(17-20)27-13-15-33-16-14-27/h3-8,17H,2,9-16H2,1H3,(H,25,30,34). The molecule has 2 heterocycles. The Kier molecular flexibility index (Phi) is 7.59. The molecule has 10 heteroatoms. The molecule has 34 heavy (non-hydrogen) atoms. The second-order valence-corrected chi connectivity index (χ2v) is 8.70. The number of amides is 1. The first kappa shape index (κ1) is 23.9. The van der Waals surface area contributed by atoms with E-state index in [1.165, 1.54) is 5.56 Å². The molecule has 0 saturated carbocycles. The number of piperazine rings is 1. The van der Waals surface area contributed by atoms with Crippen LogP contribution in [0, 0.1) is 10.1 Å². The molecule has 2 fully saturated rings. The molecule has 0 unspecified atom stereocenters. The first-order valence-electron chi connectivity index (χ1n) is 11.5. The number of nitro benzene ring substituents is 1. The number of benzene rings is 2. The Balaban J connectivity index is 1.37. The third kappa shape index (κ3) is 5.45. The van der Waals surface area contributed by atoms with Gasteiger partial charge >= 0.3 is 0 Å². The summed E-state index contributed by atoms with van der Waals surface area (Å²) < 4.78 is 5.40. The van der Waals surface area contributed by atoms with Crippen LogP contribution in [0.3, 0.4) is 0 Å². The van der Waals surface area contributed by atoms with E-state index in [0.29, 0.717) is 68.8 Å². The van der Waals surface area contributed by atoms with E-state index in [1.807, 2.05) is 40.1 Å². The number of ether oxygens (including phenoxy) is 1. The predicted octanol–water partition coefficient (Wildman–Crippen LogP) is 2.83. The summed E-state index contributed by atoms with van der Waals surface area (Å²) in [6.07, 6.45) is 0.924. The summed E-state index contributed by atoms with van der Waals surface area (Å²) in [6.45, 7) is 7.15. The van der Waals surface area contributed by atoms with Crippen molar-refractivity contribution in [3.05, 3.63) is 63.7 Å². The number of rotatable bonds is 5. The second kappa shape index (κ2) is 10.8. The number of nitrogens with zero attached hydrogens (tertiary/aromatic N) is 4. The molecule has 2 saturated heterocycles. The molecule has 9 nitrogen and oxygen atoms in total. The fourth-order valence-electron chi connectivity index (χ4n) is 4.23. The maximum Gasteiger partial charge on any atom is 0.292 e. The molecule has 1 amide bonds. The van der Waals surface area contributed by atoms with Gasteiger partial charge in [-0.05, 0) is 48.5 Å². The van der Waals surface area contributed by atoms with Gasteiger partial charge in [-0.1, -0.05) is 19.1 Å². The second-order valence-electron chi connectivity index (χ2n) is 8.31. The van der Waals surface area contributed by atoms with Gasteiger partial charge in [0, 0.05) is 56.6 Å². The third-order valence-corrected chi connectivity index (χ3v) is 6.64. The number of aryl methyl sites for hydroxylation is 1. The highest BCUT2D eigenvalue weighted by atomic mass is 32.1. The SMILES string of the molecule is CCc1ccc(C(=O)NC(=S)N2CCN(c3ccc([N+](=O)[O-])c(N4CCOCC4)c3)CC2)cc1. The lowest BCUT2D eigenvalue weighted by atomic mass is 10.1. The number of anilines is 2. The van der Waals surface area contributed by atoms with Crippen molar-refractivity contribution in [3.63, 3.8) is 0 Å². The van der Waals surface area contributed by atoms with Crippen LogP contribution < -0.4 is 15.1 Å². The fraction of sp³-hybridized carbons (Fsp3) is 0.417. The Morgan fingerprint density at radius 1 is 1.03 bits per heavy atom. The van der Waals surface area contributed by atoms with E-state index in [9.17, 15) is 14.9 Å². The van der Waals surface area contributed by atoms with E-state index < -0.39 is 0 Å². The van der Waals surface area contributed by atoms with Crippen LogP contribution in [0.15, 0.2) is 42.5 Å². The van der Waals surface area contributed by atoms with Gasteiger partial charge in [0.25, 0.3) is 11.6 Å². The maximum absolute atomic E-state index is 12.6. The van der Waals surface area contributed by atoms with Gasteiger partial charge in [0.2, 0.25) is 0 Å². The molecule has 0 aromatic heterocycles. The van der Waals surface area contributed by atoms with Crippen LogP contribution in [0.1, 0.15) is 22.8 Å². The summed E-state index contributed by atoms with van der Waals surface area (Å²) in [5.41, 5.74) is 3.45. The maximum atomic E-state index is 12.6. The number of carbonyl (C=O) groups is 1. The molecule has 2 aromatic rings. The van der Waals surface area contributed by atoms with Gasteiger partial charge in [-0.15, -0.1) is 0 Å². The van der Waals surface area contributed by atoms with Crippen molar-refractivity contribution in [1.82, 2.24) is 10.2 Å². The molecule has 1 N–H and O–H groups in total. The van der Waals surface area contributed by atoms with Crippen LogP contribution in [-0.4, -0.2) is 73.3 Å². The van der Waals surface area contributed by atoms with Crippen LogP contribution in [0.25, 0.3) is 0 Å². The molecule has 2 aliphatic rings. The van der Waals surface area contributed by atoms with E-state index in [4.69, 9.17) is 17.0 Å². The van der Waals surface area contributed by atoms with Crippen molar-refractivity contribution in [1.29, 1.82) is 0 Å². The van der Waals surface area contributed by atoms with Crippen molar-refractivity contribution >= 4 is 40.3 Å². The number of nitrogens with one attached hydrogen (secondary N) is 1. The number of hydrogen-bond acceptors (Lipinski definition) is 7. The quantitative estimate of drug-likeness (QED) is 0.394. The predicted molar refractivity (Wildman–Crippen MR) is 136 cm³/mol. The molecule has 0 radical (unpaired) electrons. The zero-order chi connectivity index (χ0) is 24.1. The van der Waals surface area contributed by atoms with Crippen molar-refractivity contribution in [2.75, 3.05) is 62.3 Å². The highest BCUT2D eigenvalue weighted by Gasteiger charge is 2.25. The fourth-order valence-corrected chi connectivity index (χ4v) is 4.50. The van der Waals surface area contributed by atoms with Crippen molar-refractivity contribution in [2.45, 2.75) is 13.3 Å². The van der Waals surface area contributed by atoms with Crippen LogP contribution in [-0.2, 0) is 11.2 Å². The van der Waals surface area contributed by atoms with Crippen molar-refractivity contribution in [2.24, 2.45) is 0 Å². The van der Waals surface area contributed by atoms with Gasteiger partial charge in [0.1, 0.15) is 5.69 Å². The number of carbonyl (C=O) groups excluding carboxylic acids is 1. The highest BCUT2D eigenvalue weighted by Crippen LogP contribution is 2.33. The largest absolute Gasteiger partial charge is 0.378 e. The minimum Gasteiger partial charge on any atom is -0.378 e. The summed E-state index contributed by atoms with van der Waals surface area (Å²) >= 11 is 5.49. The minimum atomic E-state index is -0.330. The van der Waals surface area contributed by atoms with Gasteiger partial charge in [-0.2, -0.15) is 0 Å². The average Bonchev–Trinajstić information content (AvgIpc) is 2.89. The van der Waals surface area contributed by atoms with Crippen LogP contribution in [0.2, 0.25) is 0 Å². The first-order chi connectivity index (χ1) is 16.5. The minimum absolute atomic E-state index is 0.111. The summed E-state index contributed by atoms with van der Waals surface area (Å²) in [7, 11) is 0. The van der Waals surface area contributed by atoms with Gasteiger partial charge in [0.15, 0.2) is 5.11 Å². The van der Waals surface area contributed by atoms with Crippen LogP contribution in [0.4, 0.5) is 17.1 Å². The molecule has 2 aromatic carbocycles. The molecular weight excluding hydrogens is 454 g/mol. The Labute approximate surface area is 204 Å². The normalized spacial score (nSPS) is 16.3. The van der Waals surface area contributed by atoms with Gasteiger partial charge in [-0.3, -0.25) is 20.2 Å². The summed E-state index contributed by atoms with van der Waals surface area (Å²) in [4.78, 5) is 30.0. The van der Waals surface area contributed by atoms with E-state index in [0.717, 1.165) is 12.1 Å². The van der Waals surface area contributed by atoms with Gasteiger partial charge in [0.05, 0.1) is 18.1 Å². The van der Waals surface area contributed by atoms with Crippen LogP contribution in [0.5, 0.6) is 0 Å². The molecule has 180 valence electrons. The molecule has 0 bridgehead atoms. The van der Waals surface area contributed by atoms with Gasteiger partial charge < -0.3 is 19.4 Å². The molecule has 4 rings (SSSR count). The molecular formula is C24H29N5O4S. The summed E-state index contributed by atoms with van der Waals surface area (Å²) in [5.74, 6) is -0.208. The highest BCUT2D eigenvalue weighted by molar-refractivity contribution is 7.80. The Morgan fingerprint density at radius 3 is 2.32 bits per heavy atom. The average molecular weight is 484 g/mol.